The van der Waals surface area contributed by atoms with Crippen LogP contribution in [0.5, 0.6) is 0 Å². The van der Waals surface area contributed by atoms with Gasteiger partial charge in [-0.05, 0) is 35.9 Å². The lowest BCUT2D eigenvalue weighted by molar-refractivity contribution is 0.0880. The number of carbonyl (C=O) groups excluding carboxylic acids is 2. The van der Waals surface area contributed by atoms with Crippen molar-refractivity contribution in [3.63, 3.8) is 0 Å². The number of aromatic amines is 1. The van der Waals surface area contributed by atoms with E-state index in [4.69, 9.17) is 5.73 Å². The normalized spacial score (nSPS) is 17.1. The fourth-order valence-electron chi connectivity index (χ4n) is 4.10. The topological polar surface area (TPSA) is 103 Å². The molecule has 7 heteroatoms. The predicted octanol–water partition coefficient (Wildman–Crippen LogP) is 1.71. The number of nitrogens with one attached hydrogen (secondary N) is 3. The molecule has 1 aromatic heterocycles. The number of nitrogen functional groups attached to an aromatic ring is 1. The minimum atomic E-state index is -0.436. The quantitative estimate of drug-likeness (QED) is 0.412. The summed E-state index contributed by atoms with van der Waals surface area (Å²) < 4.78 is 0. The van der Waals surface area contributed by atoms with Crippen LogP contribution in [0.1, 0.15) is 26.3 Å². The lowest BCUT2D eigenvalue weighted by atomic mass is 9.98. The summed E-state index contributed by atoms with van der Waals surface area (Å²) in [6.45, 7) is 5.08. The molecular formula is C21H21N5O2. The summed E-state index contributed by atoms with van der Waals surface area (Å²) in [6, 6.07) is 11.9. The highest BCUT2D eigenvalue weighted by Crippen LogP contribution is 2.34. The molecule has 1 saturated heterocycles. The van der Waals surface area contributed by atoms with Gasteiger partial charge in [0.25, 0.3) is 11.8 Å². The number of fused-ring (bicyclic) bond motifs is 2. The first-order chi connectivity index (χ1) is 13.6. The van der Waals surface area contributed by atoms with E-state index in [1.165, 1.54) is 5.56 Å². The maximum atomic E-state index is 12.3. The number of imide groups is 1. The molecule has 1 fully saturated rings. The van der Waals surface area contributed by atoms with E-state index in [-0.39, 0.29) is 5.56 Å². The van der Waals surface area contributed by atoms with Crippen molar-refractivity contribution in [2.75, 3.05) is 31.9 Å². The second-order valence-electron chi connectivity index (χ2n) is 7.37. The summed E-state index contributed by atoms with van der Waals surface area (Å²) in [4.78, 5) is 30.2. The van der Waals surface area contributed by atoms with Crippen LogP contribution in [0.15, 0.2) is 36.4 Å². The number of piperazine rings is 1. The Labute approximate surface area is 161 Å². The van der Waals surface area contributed by atoms with E-state index >= 15 is 0 Å². The van der Waals surface area contributed by atoms with Gasteiger partial charge in [-0.2, -0.15) is 0 Å². The Morgan fingerprint density at radius 2 is 1.75 bits per heavy atom. The molecule has 142 valence electrons. The van der Waals surface area contributed by atoms with Crippen LogP contribution in [0.3, 0.4) is 0 Å². The van der Waals surface area contributed by atoms with Crippen LogP contribution in [0.2, 0.25) is 0 Å². The highest BCUT2D eigenvalue weighted by molar-refractivity contribution is 6.26. The molecule has 0 radical (unpaired) electrons. The number of benzene rings is 2. The number of hydrogen-bond acceptors (Lipinski definition) is 5. The molecule has 0 spiro atoms. The maximum Gasteiger partial charge on any atom is 0.261 e. The Kier molecular flexibility index (Phi) is 3.92. The number of hydrogen-bond donors (Lipinski definition) is 4. The van der Waals surface area contributed by atoms with E-state index < -0.39 is 11.8 Å². The molecule has 0 aliphatic carbocycles. The number of nitrogens with two attached hydrogens (primary N) is 1. The Bertz CT molecular complexity index is 1110. The highest BCUT2D eigenvalue weighted by atomic mass is 16.2. The molecule has 0 bridgehead atoms. The molecule has 2 amide bonds. The summed E-state index contributed by atoms with van der Waals surface area (Å²) >= 11 is 0. The first-order valence-corrected chi connectivity index (χ1v) is 9.43. The molecule has 2 aromatic carbocycles. The zero-order chi connectivity index (χ0) is 19.3. The Morgan fingerprint density at radius 1 is 0.964 bits per heavy atom. The van der Waals surface area contributed by atoms with Gasteiger partial charge >= 0.3 is 0 Å². The Hall–Kier alpha value is -3.16. The summed E-state index contributed by atoms with van der Waals surface area (Å²) in [5, 5.41) is 6.79. The van der Waals surface area contributed by atoms with Gasteiger partial charge in [0.2, 0.25) is 0 Å². The third-order valence-electron chi connectivity index (χ3n) is 5.51. The summed E-state index contributed by atoms with van der Waals surface area (Å²) in [6.07, 6.45) is 0. The minimum Gasteiger partial charge on any atom is -0.398 e. The molecular weight excluding hydrogens is 354 g/mol. The van der Waals surface area contributed by atoms with Crippen molar-refractivity contribution < 1.29 is 9.59 Å². The fraction of sp³-hybridized carbons (Fsp3) is 0.238. The molecule has 2 aliphatic rings. The van der Waals surface area contributed by atoms with Gasteiger partial charge in [0, 0.05) is 60.6 Å². The SMILES string of the molecule is Nc1ccc(-c2cc3cc(CN4CCNCC4)ccc3[nH]2)c2c1C(=O)NC2=O. The van der Waals surface area contributed by atoms with Crippen molar-refractivity contribution in [3.8, 4) is 11.3 Å². The van der Waals surface area contributed by atoms with E-state index in [1.54, 1.807) is 12.1 Å². The molecule has 5 N–H and O–H groups in total. The summed E-state index contributed by atoms with van der Waals surface area (Å²) in [7, 11) is 0. The molecule has 0 atom stereocenters. The molecule has 7 nitrogen and oxygen atoms in total. The third kappa shape index (κ3) is 2.76. The van der Waals surface area contributed by atoms with Gasteiger partial charge < -0.3 is 16.0 Å². The van der Waals surface area contributed by atoms with Gasteiger partial charge in [-0.25, -0.2) is 0 Å². The van der Waals surface area contributed by atoms with Gasteiger partial charge in [-0.15, -0.1) is 0 Å². The van der Waals surface area contributed by atoms with E-state index in [1.807, 2.05) is 6.07 Å². The van der Waals surface area contributed by atoms with Crippen molar-refractivity contribution >= 4 is 28.4 Å². The van der Waals surface area contributed by atoms with Crippen LogP contribution in [0, 0.1) is 0 Å². The van der Waals surface area contributed by atoms with Gasteiger partial charge in [-0.3, -0.25) is 19.8 Å². The van der Waals surface area contributed by atoms with Crippen LogP contribution in [0.4, 0.5) is 5.69 Å². The van der Waals surface area contributed by atoms with Crippen molar-refractivity contribution in [2.24, 2.45) is 0 Å². The number of nitrogens with zero attached hydrogens (tertiary/aromatic N) is 1. The van der Waals surface area contributed by atoms with Gasteiger partial charge in [-0.1, -0.05) is 6.07 Å². The number of aromatic nitrogens is 1. The number of amides is 2. The summed E-state index contributed by atoms with van der Waals surface area (Å²) in [5.41, 5.74) is 10.6. The van der Waals surface area contributed by atoms with Crippen molar-refractivity contribution in [2.45, 2.75) is 6.54 Å². The number of carbonyl (C=O) groups is 2. The first-order valence-electron chi connectivity index (χ1n) is 9.43. The van der Waals surface area contributed by atoms with Crippen molar-refractivity contribution in [1.82, 2.24) is 20.5 Å². The van der Waals surface area contributed by atoms with Crippen molar-refractivity contribution in [3.05, 3.63) is 53.1 Å². The zero-order valence-electron chi connectivity index (χ0n) is 15.3. The minimum absolute atomic E-state index is 0.264. The Morgan fingerprint density at radius 3 is 2.57 bits per heavy atom. The fourth-order valence-corrected chi connectivity index (χ4v) is 4.10. The summed E-state index contributed by atoms with van der Waals surface area (Å²) in [5.74, 6) is -0.839. The average molecular weight is 375 g/mol. The zero-order valence-corrected chi connectivity index (χ0v) is 15.3. The average Bonchev–Trinajstić information content (AvgIpc) is 3.24. The number of anilines is 1. The molecule has 0 unspecified atom stereocenters. The van der Waals surface area contributed by atoms with Crippen LogP contribution < -0.4 is 16.4 Å². The van der Waals surface area contributed by atoms with Gasteiger partial charge in [0.1, 0.15) is 0 Å². The maximum absolute atomic E-state index is 12.3. The largest absolute Gasteiger partial charge is 0.398 e. The van der Waals surface area contributed by atoms with E-state index in [0.717, 1.165) is 49.3 Å². The van der Waals surface area contributed by atoms with E-state index in [0.29, 0.717) is 16.8 Å². The molecule has 28 heavy (non-hydrogen) atoms. The second kappa shape index (κ2) is 6.47. The first kappa shape index (κ1) is 17.0. The van der Waals surface area contributed by atoms with Gasteiger partial charge in [0.15, 0.2) is 0 Å². The molecule has 0 saturated carbocycles. The Balaban J connectivity index is 1.53. The van der Waals surface area contributed by atoms with Crippen LogP contribution >= 0.6 is 0 Å². The lowest BCUT2D eigenvalue weighted by Crippen LogP contribution is -2.42. The van der Waals surface area contributed by atoms with E-state index in [2.05, 4.69) is 38.7 Å². The van der Waals surface area contributed by atoms with Crippen LogP contribution in [0.25, 0.3) is 22.2 Å². The monoisotopic (exact) mass is 375 g/mol. The van der Waals surface area contributed by atoms with Crippen molar-refractivity contribution in [1.29, 1.82) is 0 Å². The number of H-pyrrole nitrogens is 1. The molecule has 2 aliphatic heterocycles. The second-order valence-corrected chi connectivity index (χ2v) is 7.37. The highest BCUT2D eigenvalue weighted by Gasteiger charge is 2.32. The lowest BCUT2D eigenvalue weighted by Gasteiger charge is -2.27. The third-order valence-corrected chi connectivity index (χ3v) is 5.51. The molecule has 3 heterocycles. The number of rotatable bonds is 3. The predicted molar refractivity (Wildman–Crippen MR) is 108 cm³/mol. The molecule has 3 aromatic rings. The van der Waals surface area contributed by atoms with Crippen LogP contribution in [-0.2, 0) is 6.54 Å². The smallest absolute Gasteiger partial charge is 0.261 e. The van der Waals surface area contributed by atoms with Crippen LogP contribution in [-0.4, -0.2) is 47.9 Å². The van der Waals surface area contributed by atoms with Gasteiger partial charge in [0.05, 0.1) is 11.1 Å². The molecule has 5 rings (SSSR count). The van der Waals surface area contributed by atoms with E-state index in [9.17, 15) is 9.59 Å². The standard InChI is InChI=1S/C21H21N5O2/c22-15-3-2-14(18-19(15)21(28)25-20(18)27)17-10-13-9-12(1-4-16(13)24-17)11-26-7-5-23-6-8-26/h1-4,9-10,23-24H,5-8,11,22H2,(H,25,27,28).